The van der Waals surface area contributed by atoms with Crippen molar-refractivity contribution >= 4 is 13.8 Å². The summed E-state index contributed by atoms with van der Waals surface area (Å²) < 4.78 is 35.1. The minimum Gasteiger partial charge on any atom is -0.457 e. The molecule has 0 fully saturated rings. The molecule has 0 bridgehead atoms. The van der Waals surface area contributed by atoms with Gasteiger partial charge in [-0.05, 0) is 96.3 Å². The van der Waals surface area contributed by atoms with E-state index in [1.165, 1.54) is 77.0 Å². The van der Waals surface area contributed by atoms with Gasteiger partial charge in [0.2, 0.25) is 0 Å². The molecule has 2 unspecified atom stereocenters. The standard InChI is InChI=1S/C56H98NO7P/c1-6-8-10-12-14-16-18-20-22-24-25-26-27-28-29-30-31-32-34-36-38-40-42-44-46-48-51-61-53-55(54-63-65(59,60)62-52-50-57(3,4)5)64-56(58)49-47-45-43-41-39-37-35-33-23-21-19-17-15-13-11-9-7-2/h8,10,14-17,20-23,25-26,28-29,31-32,55H,6-7,9,11-13,18-19,24,27,30,33-54H2,1-5H3/p+1/b10-8-,16-14-,17-15-,22-20-,23-21-,26-25-,29-28-,32-31-. The first-order valence-electron chi connectivity index (χ1n) is 26.0. The fraction of sp³-hybridized carbons (Fsp3) is 0.696. The van der Waals surface area contributed by atoms with Crippen molar-refractivity contribution in [2.45, 2.75) is 200 Å². The average Bonchev–Trinajstić information content (AvgIpc) is 3.27. The Morgan fingerprint density at radius 1 is 0.492 bits per heavy atom. The molecule has 0 aliphatic rings. The van der Waals surface area contributed by atoms with Crippen LogP contribution in [0.3, 0.4) is 0 Å². The topological polar surface area (TPSA) is 91.3 Å². The van der Waals surface area contributed by atoms with Crippen molar-refractivity contribution in [2.75, 3.05) is 54.1 Å². The largest absolute Gasteiger partial charge is 0.472 e. The van der Waals surface area contributed by atoms with Crippen molar-refractivity contribution in [3.05, 3.63) is 97.2 Å². The monoisotopic (exact) mass is 929 g/mol. The van der Waals surface area contributed by atoms with Crippen LogP contribution in [0.4, 0.5) is 0 Å². The summed E-state index contributed by atoms with van der Waals surface area (Å²) >= 11 is 0. The fourth-order valence-corrected chi connectivity index (χ4v) is 7.39. The lowest BCUT2D eigenvalue weighted by molar-refractivity contribution is -0.870. The molecule has 0 aliphatic heterocycles. The van der Waals surface area contributed by atoms with Gasteiger partial charge in [-0.3, -0.25) is 13.8 Å². The molecule has 0 radical (unpaired) electrons. The van der Waals surface area contributed by atoms with Gasteiger partial charge in [0.15, 0.2) is 0 Å². The van der Waals surface area contributed by atoms with Crippen molar-refractivity contribution in [3.8, 4) is 0 Å². The second-order valence-electron chi connectivity index (χ2n) is 18.2. The molecule has 2 atom stereocenters. The normalized spacial score (nSPS) is 14.4. The highest BCUT2D eigenvalue weighted by atomic mass is 31.2. The number of hydrogen-bond acceptors (Lipinski definition) is 6. The summed E-state index contributed by atoms with van der Waals surface area (Å²) in [4.78, 5) is 23.0. The fourth-order valence-electron chi connectivity index (χ4n) is 6.64. The zero-order valence-corrected chi connectivity index (χ0v) is 43.3. The Kier molecular flexibility index (Phi) is 46.0. The van der Waals surface area contributed by atoms with Gasteiger partial charge in [0, 0.05) is 13.0 Å². The second-order valence-corrected chi connectivity index (χ2v) is 19.6. The molecule has 0 aliphatic carbocycles. The molecule has 0 saturated carbocycles. The lowest BCUT2D eigenvalue weighted by atomic mass is 10.1. The number of quaternary nitrogens is 1. The van der Waals surface area contributed by atoms with E-state index in [9.17, 15) is 14.3 Å². The number of rotatable bonds is 47. The number of carbonyl (C=O) groups is 1. The van der Waals surface area contributed by atoms with Crippen molar-refractivity contribution in [3.63, 3.8) is 0 Å². The quantitative estimate of drug-likeness (QED) is 0.0214. The predicted molar refractivity (Wildman–Crippen MR) is 279 cm³/mol. The first kappa shape index (κ1) is 62.4. The number of ether oxygens (including phenoxy) is 2. The van der Waals surface area contributed by atoms with Crippen LogP contribution in [0, 0.1) is 0 Å². The van der Waals surface area contributed by atoms with Gasteiger partial charge in [-0.25, -0.2) is 4.57 Å². The van der Waals surface area contributed by atoms with Crippen molar-refractivity contribution in [1.82, 2.24) is 0 Å². The van der Waals surface area contributed by atoms with Crippen LogP contribution in [-0.2, 0) is 27.9 Å². The summed E-state index contributed by atoms with van der Waals surface area (Å²) in [5.41, 5.74) is 0. The van der Waals surface area contributed by atoms with Gasteiger partial charge < -0.3 is 18.9 Å². The highest BCUT2D eigenvalue weighted by Crippen LogP contribution is 2.43. The molecule has 8 nitrogen and oxygen atoms in total. The zero-order chi connectivity index (χ0) is 47.6. The first-order chi connectivity index (χ1) is 31.6. The minimum atomic E-state index is -4.29. The van der Waals surface area contributed by atoms with Gasteiger partial charge in [0.25, 0.3) is 0 Å². The number of nitrogens with zero attached hydrogens (tertiary/aromatic N) is 1. The lowest BCUT2D eigenvalue weighted by Gasteiger charge is -2.24. The Labute approximate surface area is 400 Å². The molecule has 1 N–H and O–H groups in total. The molecule has 0 spiro atoms. The third-order valence-corrected chi connectivity index (χ3v) is 11.6. The smallest absolute Gasteiger partial charge is 0.457 e. The zero-order valence-electron chi connectivity index (χ0n) is 42.4. The van der Waals surface area contributed by atoms with E-state index in [2.05, 4.69) is 111 Å². The Balaban J connectivity index is 4.19. The number of likely N-dealkylation sites (N-methyl/N-ethyl adjacent to an activating group) is 1. The third kappa shape index (κ3) is 52.3. The van der Waals surface area contributed by atoms with Crippen LogP contribution in [-0.4, -0.2) is 75.6 Å². The van der Waals surface area contributed by atoms with Crippen LogP contribution in [0.2, 0.25) is 0 Å². The van der Waals surface area contributed by atoms with Crippen LogP contribution in [0.25, 0.3) is 0 Å². The SMILES string of the molecule is CC/C=C\C/C=C\C/C=C\C/C=C\C/C=C\C/C=C\CCCCCCCCCOCC(COP(=O)(O)OCC[N+](C)(C)C)OC(=O)CCCCCCCCC/C=C\C/C=C\CCCCC. The summed E-state index contributed by atoms with van der Waals surface area (Å²) in [5, 5.41) is 0. The molecule has 9 heteroatoms. The third-order valence-electron chi connectivity index (χ3n) is 10.6. The molecular formula is C56H99NO7P+. The Morgan fingerprint density at radius 2 is 0.892 bits per heavy atom. The molecule has 0 aromatic carbocycles. The van der Waals surface area contributed by atoms with Crippen molar-refractivity contribution in [2.24, 2.45) is 0 Å². The molecule has 0 aromatic rings. The predicted octanol–water partition coefficient (Wildman–Crippen LogP) is 16.2. The van der Waals surface area contributed by atoms with E-state index in [-0.39, 0.29) is 25.8 Å². The van der Waals surface area contributed by atoms with Crippen molar-refractivity contribution in [1.29, 1.82) is 0 Å². The van der Waals surface area contributed by atoms with Gasteiger partial charge in [-0.15, -0.1) is 0 Å². The van der Waals surface area contributed by atoms with Gasteiger partial charge in [-0.2, -0.15) is 0 Å². The van der Waals surface area contributed by atoms with E-state index in [4.69, 9.17) is 18.5 Å². The number of esters is 1. The van der Waals surface area contributed by atoms with Crippen molar-refractivity contribution < 1.29 is 37.3 Å². The van der Waals surface area contributed by atoms with Gasteiger partial charge in [-0.1, -0.05) is 188 Å². The van der Waals surface area contributed by atoms with Gasteiger partial charge in [0.05, 0.1) is 34.4 Å². The lowest BCUT2D eigenvalue weighted by Crippen LogP contribution is -2.37. The summed E-state index contributed by atoms with van der Waals surface area (Å²) in [7, 11) is 1.64. The van der Waals surface area contributed by atoms with E-state index in [1.807, 2.05) is 21.1 Å². The molecule has 0 heterocycles. The Morgan fingerprint density at radius 3 is 1.34 bits per heavy atom. The summed E-state index contributed by atoms with van der Waals surface area (Å²) in [6, 6.07) is 0. The maximum absolute atomic E-state index is 12.8. The van der Waals surface area contributed by atoms with Crippen LogP contribution in [0.1, 0.15) is 194 Å². The van der Waals surface area contributed by atoms with Crippen LogP contribution < -0.4 is 0 Å². The summed E-state index contributed by atoms with van der Waals surface area (Å²) in [6.45, 7) is 5.43. The first-order valence-corrected chi connectivity index (χ1v) is 27.5. The van der Waals surface area contributed by atoms with Crippen LogP contribution in [0.5, 0.6) is 0 Å². The molecule has 65 heavy (non-hydrogen) atoms. The van der Waals surface area contributed by atoms with E-state index >= 15 is 0 Å². The number of phosphoric acid groups is 1. The molecule has 0 saturated heterocycles. The molecular weight excluding hydrogens is 830 g/mol. The number of phosphoric ester groups is 1. The maximum Gasteiger partial charge on any atom is 0.472 e. The Bertz CT molecular complexity index is 1360. The molecule has 374 valence electrons. The molecule has 0 rings (SSSR count). The Hall–Kier alpha value is -2.58. The van der Waals surface area contributed by atoms with E-state index in [1.54, 1.807) is 0 Å². The molecule has 0 aromatic heterocycles. The summed E-state index contributed by atoms with van der Waals surface area (Å²) in [6.07, 6.45) is 65.9. The summed E-state index contributed by atoms with van der Waals surface area (Å²) in [5.74, 6) is -0.329. The molecule has 0 amide bonds. The maximum atomic E-state index is 12.8. The van der Waals surface area contributed by atoms with Gasteiger partial charge in [0.1, 0.15) is 19.3 Å². The number of carbonyl (C=O) groups excluding carboxylic acids is 1. The van der Waals surface area contributed by atoms with Crippen LogP contribution in [0.15, 0.2) is 97.2 Å². The average molecular weight is 929 g/mol. The highest BCUT2D eigenvalue weighted by Gasteiger charge is 2.26. The number of unbranched alkanes of at least 4 members (excludes halogenated alkanes) is 17. The number of allylic oxidation sites excluding steroid dienone is 16. The van der Waals surface area contributed by atoms with E-state index in [0.717, 1.165) is 96.3 Å². The van der Waals surface area contributed by atoms with E-state index in [0.29, 0.717) is 24.1 Å². The second kappa shape index (κ2) is 47.9. The van der Waals surface area contributed by atoms with Crippen LogP contribution >= 0.6 is 7.82 Å². The highest BCUT2D eigenvalue weighted by molar-refractivity contribution is 7.47. The minimum absolute atomic E-state index is 0.0792. The number of hydrogen-bond donors (Lipinski definition) is 1. The van der Waals surface area contributed by atoms with Gasteiger partial charge >= 0.3 is 13.8 Å². The van der Waals surface area contributed by atoms with E-state index < -0.39 is 13.9 Å².